The molecule has 0 aliphatic heterocycles. The maximum Gasteiger partial charge on any atom is 0.404 e. The highest BCUT2D eigenvalue weighted by Gasteiger charge is 2.32. The average molecular weight is 441 g/mol. The van der Waals surface area contributed by atoms with E-state index in [1.165, 1.54) is 5.56 Å². The molecule has 0 saturated carbocycles. The molecule has 7 nitrogen and oxygen atoms in total. The molecule has 4 N–H and O–H groups in total. The number of carboxylic acid groups (broad SMARTS) is 1. The minimum absolute atomic E-state index is 0.00860. The van der Waals surface area contributed by atoms with Crippen LogP contribution >= 0.6 is 0 Å². The third-order valence-electron chi connectivity index (χ3n) is 5.83. The number of fused-ring (bicyclic) bond motifs is 1. The molecule has 0 fully saturated rings. The van der Waals surface area contributed by atoms with Crippen molar-refractivity contribution < 1.29 is 24.5 Å². The molecule has 3 rings (SSSR count). The van der Waals surface area contributed by atoms with Crippen LogP contribution in [-0.2, 0) is 11.2 Å². The topological polar surface area (TPSA) is 100 Å². The lowest BCUT2D eigenvalue weighted by Crippen LogP contribution is -2.48. The summed E-state index contributed by atoms with van der Waals surface area (Å²) >= 11 is 0. The Morgan fingerprint density at radius 3 is 2.72 bits per heavy atom. The van der Waals surface area contributed by atoms with Gasteiger partial charge in [-0.3, -0.25) is 0 Å². The summed E-state index contributed by atoms with van der Waals surface area (Å²) < 4.78 is 11.1. The van der Waals surface area contributed by atoms with Crippen LogP contribution in [0.1, 0.15) is 35.1 Å². The van der Waals surface area contributed by atoms with Gasteiger partial charge in [0.15, 0.2) is 0 Å². The predicted octanol–water partition coefficient (Wildman–Crippen LogP) is 3.26. The maximum absolute atomic E-state index is 11.3. The first-order valence-electron chi connectivity index (χ1n) is 10.8. The SMILES string of the molecule is C=CCOC[C@@H]1C[C@H](NC[C@H](O)[C@H](Cc2ccccc2)NC(=O)O)c2cc(OC)ccc21. The van der Waals surface area contributed by atoms with Crippen molar-refractivity contribution in [1.82, 2.24) is 10.6 Å². The van der Waals surface area contributed by atoms with E-state index >= 15 is 0 Å². The Morgan fingerprint density at radius 1 is 1.25 bits per heavy atom. The standard InChI is InChI=1S/C25H32N2O5/c1-3-11-32-16-18-13-22(21-14-19(31-2)9-10-20(18)21)26-15-24(28)23(27-25(29)30)12-17-7-5-4-6-8-17/h3-10,14,18,22-24,26-28H,1,11-13,15-16H2,2H3,(H,29,30)/t18-,22-,23-,24-/m0/s1. The van der Waals surface area contributed by atoms with Crippen molar-refractivity contribution in [3.63, 3.8) is 0 Å². The van der Waals surface area contributed by atoms with Crippen LogP contribution < -0.4 is 15.4 Å². The first-order valence-corrected chi connectivity index (χ1v) is 10.8. The first-order chi connectivity index (χ1) is 15.5. The molecular formula is C25H32N2O5. The fourth-order valence-electron chi connectivity index (χ4n) is 4.25. The number of methoxy groups -OCH3 is 1. The van der Waals surface area contributed by atoms with Gasteiger partial charge in [0.1, 0.15) is 5.75 Å². The van der Waals surface area contributed by atoms with Gasteiger partial charge in [-0.15, -0.1) is 6.58 Å². The number of aliphatic hydroxyl groups excluding tert-OH is 1. The molecule has 1 aliphatic rings. The lowest BCUT2D eigenvalue weighted by atomic mass is 10.0. The van der Waals surface area contributed by atoms with E-state index in [-0.39, 0.29) is 18.5 Å². The second-order valence-electron chi connectivity index (χ2n) is 8.03. The Labute approximate surface area is 189 Å². The van der Waals surface area contributed by atoms with Crippen molar-refractivity contribution in [2.45, 2.75) is 36.9 Å². The zero-order valence-electron chi connectivity index (χ0n) is 18.4. The van der Waals surface area contributed by atoms with Crippen LogP contribution in [0.25, 0.3) is 0 Å². The lowest BCUT2D eigenvalue weighted by molar-refractivity contribution is 0.113. The summed E-state index contributed by atoms with van der Waals surface area (Å²) in [5.74, 6) is 1.00. The van der Waals surface area contributed by atoms with E-state index in [0.29, 0.717) is 19.6 Å². The summed E-state index contributed by atoms with van der Waals surface area (Å²) in [6, 6.07) is 15.0. The normalized spacial score (nSPS) is 19.1. The number of hydrogen-bond donors (Lipinski definition) is 4. The van der Waals surface area contributed by atoms with Gasteiger partial charge in [-0.2, -0.15) is 0 Å². The van der Waals surface area contributed by atoms with Crippen LogP contribution in [0.2, 0.25) is 0 Å². The van der Waals surface area contributed by atoms with Gasteiger partial charge in [-0.25, -0.2) is 4.79 Å². The van der Waals surface area contributed by atoms with Gasteiger partial charge in [0.2, 0.25) is 0 Å². The Kier molecular flexibility index (Phi) is 8.67. The monoisotopic (exact) mass is 440 g/mol. The fraction of sp³-hybridized carbons (Fsp3) is 0.400. The quantitative estimate of drug-likeness (QED) is 0.299. The molecule has 4 atom stereocenters. The zero-order valence-corrected chi connectivity index (χ0v) is 18.4. The Hall–Kier alpha value is -2.87. The molecule has 7 heteroatoms. The number of carbonyl (C=O) groups is 1. The number of ether oxygens (including phenoxy) is 2. The van der Waals surface area contributed by atoms with Crippen LogP contribution in [0, 0.1) is 0 Å². The first kappa shape index (κ1) is 23.8. The molecule has 172 valence electrons. The van der Waals surface area contributed by atoms with Gasteiger partial charge in [0.25, 0.3) is 0 Å². The van der Waals surface area contributed by atoms with Crippen LogP contribution in [-0.4, -0.2) is 55.3 Å². The van der Waals surface area contributed by atoms with Crippen LogP contribution in [0.3, 0.4) is 0 Å². The second-order valence-corrected chi connectivity index (χ2v) is 8.03. The third-order valence-corrected chi connectivity index (χ3v) is 5.83. The van der Waals surface area contributed by atoms with Crippen molar-refractivity contribution in [3.8, 4) is 5.75 Å². The van der Waals surface area contributed by atoms with Crippen LogP contribution in [0.5, 0.6) is 5.75 Å². The Bertz CT molecular complexity index is 889. The number of hydrogen-bond acceptors (Lipinski definition) is 5. The van der Waals surface area contributed by atoms with E-state index in [1.807, 2.05) is 42.5 Å². The third kappa shape index (κ3) is 6.32. The fourth-order valence-corrected chi connectivity index (χ4v) is 4.25. The molecule has 1 aliphatic carbocycles. The molecule has 0 aromatic heterocycles. The molecule has 2 aromatic carbocycles. The smallest absolute Gasteiger partial charge is 0.404 e. The summed E-state index contributed by atoms with van der Waals surface area (Å²) in [4.78, 5) is 11.3. The number of rotatable bonds is 12. The zero-order chi connectivity index (χ0) is 22.9. The number of amides is 1. The van der Waals surface area contributed by atoms with Crippen LogP contribution in [0.15, 0.2) is 61.2 Å². The summed E-state index contributed by atoms with van der Waals surface area (Å²) in [6.45, 7) is 5.03. The predicted molar refractivity (Wildman–Crippen MR) is 123 cm³/mol. The molecule has 0 spiro atoms. The number of aliphatic hydroxyl groups is 1. The van der Waals surface area contributed by atoms with E-state index in [0.717, 1.165) is 23.3 Å². The molecule has 0 radical (unpaired) electrons. The molecule has 0 unspecified atom stereocenters. The van der Waals surface area contributed by atoms with Crippen molar-refractivity contribution in [3.05, 3.63) is 77.9 Å². The summed E-state index contributed by atoms with van der Waals surface area (Å²) in [6.07, 6.45) is 0.917. The minimum atomic E-state index is -1.15. The summed E-state index contributed by atoms with van der Waals surface area (Å²) in [5, 5.41) is 26.0. The lowest BCUT2D eigenvalue weighted by Gasteiger charge is -2.25. The largest absolute Gasteiger partial charge is 0.497 e. The highest BCUT2D eigenvalue weighted by atomic mass is 16.5. The van der Waals surface area contributed by atoms with Crippen molar-refractivity contribution in [2.75, 3.05) is 26.9 Å². The maximum atomic E-state index is 11.3. The Balaban J connectivity index is 1.68. The molecule has 2 aromatic rings. The van der Waals surface area contributed by atoms with Gasteiger partial charge >= 0.3 is 6.09 Å². The van der Waals surface area contributed by atoms with Crippen molar-refractivity contribution >= 4 is 6.09 Å². The molecule has 32 heavy (non-hydrogen) atoms. The molecule has 0 saturated heterocycles. The van der Waals surface area contributed by atoms with Gasteiger partial charge in [0, 0.05) is 18.5 Å². The van der Waals surface area contributed by atoms with Gasteiger partial charge in [0.05, 0.1) is 32.5 Å². The van der Waals surface area contributed by atoms with E-state index in [1.54, 1.807) is 13.2 Å². The second kappa shape index (κ2) is 11.7. The van der Waals surface area contributed by atoms with E-state index in [2.05, 4.69) is 23.3 Å². The molecule has 0 heterocycles. The molecule has 0 bridgehead atoms. The highest BCUT2D eigenvalue weighted by Crippen LogP contribution is 2.42. The van der Waals surface area contributed by atoms with E-state index < -0.39 is 18.2 Å². The van der Waals surface area contributed by atoms with E-state index in [4.69, 9.17) is 9.47 Å². The number of benzene rings is 2. The Morgan fingerprint density at radius 2 is 2.03 bits per heavy atom. The summed E-state index contributed by atoms with van der Waals surface area (Å²) in [7, 11) is 1.64. The van der Waals surface area contributed by atoms with Gasteiger partial charge in [-0.05, 0) is 41.7 Å². The average Bonchev–Trinajstić information content (AvgIpc) is 3.14. The van der Waals surface area contributed by atoms with Gasteiger partial charge < -0.3 is 30.3 Å². The van der Waals surface area contributed by atoms with Crippen molar-refractivity contribution in [1.29, 1.82) is 0 Å². The minimum Gasteiger partial charge on any atom is -0.497 e. The highest BCUT2D eigenvalue weighted by molar-refractivity contribution is 5.65. The van der Waals surface area contributed by atoms with Crippen molar-refractivity contribution in [2.24, 2.45) is 0 Å². The van der Waals surface area contributed by atoms with E-state index in [9.17, 15) is 15.0 Å². The van der Waals surface area contributed by atoms with Gasteiger partial charge in [-0.1, -0.05) is 42.5 Å². The molecular weight excluding hydrogens is 408 g/mol. The number of nitrogens with one attached hydrogen (secondary N) is 2. The molecule has 1 amide bonds. The summed E-state index contributed by atoms with van der Waals surface area (Å²) in [5.41, 5.74) is 3.28. The van der Waals surface area contributed by atoms with Crippen LogP contribution in [0.4, 0.5) is 4.79 Å².